The lowest BCUT2D eigenvalue weighted by Gasteiger charge is -2.13. The number of sulfone groups is 1. The van der Waals surface area contributed by atoms with Crippen molar-refractivity contribution in [3.63, 3.8) is 0 Å². The van der Waals surface area contributed by atoms with Gasteiger partial charge in [0.1, 0.15) is 5.75 Å². The van der Waals surface area contributed by atoms with E-state index in [1.54, 1.807) is 11.8 Å². The van der Waals surface area contributed by atoms with E-state index in [2.05, 4.69) is 10.4 Å². The number of hydrogen-bond donors (Lipinski definition) is 1. The Bertz CT molecular complexity index is 1310. The van der Waals surface area contributed by atoms with Crippen LogP contribution in [0.3, 0.4) is 0 Å². The van der Waals surface area contributed by atoms with Crippen molar-refractivity contribution < 1.29 is 17.9 Å². The minimum absolute atomic E-state index is 0.0634. The third-order valence-electron chi connectivity index (χ3n) is 6.28. The van der Waals surface area contributed by atoms with Gasteiger partial charge in [-0.2, -0.15) is 5.10 Å². The van der Waals surface area contributed by atoms with Crippen LogP contribution in [0.15, 0.2) is 30.3 Å². The molecule has 3 aromatic rings. The zero-order valence-electron chi connectivity index (χ0n) is 18.2. The van der Waals surface area contributed by atoms with Gasteiger partial charge in [-0.05, 0) is 38.3 Å². The molecule has 9 heteroatoms. The van der Waals surface area contributed by atoms with E-state index in [4.69, 9.17) is 9.72 Å². The zero-order valence-corrected chi connectivity index (χ0v) is 19.0. The lowest BCUT2D eigenvalue weighted by molar-refractivity contribution is 0.0952. The van der Waals surface area contributed by atoms with E-state index in [-0.39, 0.29) is 23.5 Å². The normalized spacial score (nSPS) is 19.9. The highest BCUT2D eigenvalue weighted by atomic mass is 32.2. The van der Waals surface area contributed by atoms with Crippen molar-refractivity contribution in [2.24, 2.45) is 0 Å². The van der Waals surface area contributed by atoms with E-state index < -0.39 is 9.84 Å². The van der Waals surface area contributed by atoms with Crippen LogP contribution in [0, 0.1) is 6.92 Å². The third-order valence-corrected chi connectivity index (χ3v) is 8.03. The number of nitrogens with zero attached hydrogens (tertiary/aromatic N) is 3. The number of fused-ring (bicyclic) bond motifs is 1. The number of methoxy groups -OCH3 is 1. The maximum atomic E-state index is 13.3. The molecule has 168 valence electrons. The molecule has 0 spiro atoms. The molecule has 1 saturated heterocycles. The summed E-state index contributed by atoms with van der Waals surface area (Å²) in [5, 5.41) is 8.34. The topological polar surface area (TPSA) is 103 Å². The summed E-state index contributed by atoms with van der Waals surface area (Å²) in [6.07, 6.45) is 2.61. The fourth-order valence-electron chi connectivity index (χ4n) is 4.44. The summed E-state index contributed by atoms with van der Waals surface area (Å²) in [6.45, 7) is 2.18. The van der Waals surface area contributed by atoms with Gasteiger partial charge in [0.2, 0.25) is 0 Å². The van der Waals surface area contributed by atoms with Crippen molar-refractivity contribution in [1.29, 1.82) is 0 Å². The highest BCUT2D eigenvalue weighted by Gasteiger charge is 2.34. The first-order valence-electron chi connectivity index (χ1n) is 10.9. The average molecular weight is 455 g/mol. The molecule has 1 amide bonds. The maximum Gasteiger partial charge on any atom is 0.252 e. The molecule has 0 unspecified atom stereocenters. The van der Waals surface area contributed by atoms with E-state index >= 15 is 0 Å². The predicted octanol–water partition coefficient (Wildman–Crippen LogP) is 2.92. The van der Waals surface area contributed by atoms with Crippen molar-refractivity contribution in [2.45, 2.75) is 44.7 Å². The first-order chi connectivity index (χ1) is 15.4. The van der Waals surface area contributed by atoms with Crippen molar-refractivity contribution in [3.05, 3.63) is 52.8 Å². The number of aromatic nitrogens is 3. The highest BCUT2D eigenvalue weighted by molar-refractivity contribution is 7.91. The number of para-hydroxylation sites is 1. The molecular weight excluding hydrogens is 428 g/mol. The van der Waals surface area contributed by atoms with Crippen molar-refractivity contribution in [2.75, 3.05) is 18.6 Å². The maximum absolute atomic E-state index is 13.3. The number of ether oxygens (including phenoxy) is 1. The van der Waals surface area contributed by atoms with Gasteiger partial charge in [-0.3, -0.25) is 4.79 Å². The van der Waals surface area contributed by atoms with Gasteiger partial charge >= 0.3 is 0 Å². The van der Waals surface area contributed by atoms with Gasteiger partial charge in [-0.25, -0.2) is 18.1 Å². The number of rotatable bonds is 6. The second-order valence-corrected chi connectivity index (χ2v) is 10.9. The summed E-state index contributed by atoms with van der Waals surface area (Å²) in [6, 6.07) is 9.20. The van der Waals surface area contributed by atoms with Crippen LogP contribution in [-0.2, 0) is 16.4 Å². The zero-order chi connectivity index (χ0) is 22.5. The molecule has 32 heavy (non-hydrogen) atoms. The Labute approximate surface area is 186 Å². The van der Waals surface area contributed by atoms with Crippen LogP contribution in [0.2, 0.25) is 0 Å². The van der Waals surface area contributed by atoms with Crippen LogP contribution in [0.25, 0.3) is 11.0 Å². The lowest BCUT2D eigenvalue weighted by Crippen LogP contribution is -2.24. The Hall–Kier alpha value is -2.94. The van der Waals surface area contributed by atoms with Gasteiger partial charge in [0.05, 0.1) is 41.3 Å². The van der Waals surface area contributed by atoms with Gasteiger partial charge in [-0.15, -0.1) is 0 Å². The van der Waals surface area contributed by atoms with E-state index in [1.165, 1.54) is 0 Å². The Morgan fingerprint density at radius 3 is 2.72 bits per heavy atom. The number of pyridine rings is 1. The summed E-state index contributed by atoms with van der Waals surface area (Å²) in [5.74, 6) is 1.08. The van der Waals surface area contributed by atoms with Gasteiger partial charge in [0.25, 0.3) is 5.91 Å². The van der Waals surface area contributed by atoms with Gasteiger partial charge in [0, 0.05) is 23.7 Å². The Morgan fingerprint density at radius 2 is 2.03 bits per heavy atom. The van der Waals surface area contributed by atoms with Crippen LogP contribution in [0.4, 0.5) is 0 Å². The van der Waals surface area contributed by atoms with Crippen LogP contribution in [-0.4, -0.2) is 47.7 Å². The Balaban J connectivity index is 1.53. The molecule has 5 rings (SSSR count). The molecule has 8 nitrogen and oxygen atoms in total. The minimum atomic E-state index is -3.07. The van der Waals surface area contributed by atoms with E-state index in [1.807, 2.05) is 37.3 Å². The summed E-state index contributed by atoms with van der Waals surface area (Å²) < 4.78 is 31.2. The molecule has 2 fully saturated rings. The molecule has 0 bridgehead atoms. The quantitative estimate of drug-likeness (QED) is 0.614. The molecule has 0 radical (unpaired) electrons. The summed E-state index contributed by atoms with van der Waals surface area (Å²) >= 11 is 0. The molecule has 2 aromatic heterocycles. The van der Waals surface area contributed by atoms with Crippen molar-refractivity contribution in [1.82, 2.24) is 20.1 Å². The van der Waals surface area contributed by atoms with E-state index in [0.29, 0.717) is 41.2 Å². The molecule has 2 aliphatic rings. The number of hydrogen-bond acceptors (Lipinski definition) is 6. The fourth-order valence-corrected chi connectivity index (χ4v) is 6.13. The van der Waals surface area contributed by atoms with Crippen molar-refractivity contribution >= 4 is 26.8 Å². The van der Waals surface area contributed by atoms with Crippen LogP contribution < -0.4 is 10.1 Å². The highest BCUT2D eigenvalue weighted by Crippen LogP contribution is 2.41. The second kappa shape index (κ2) is 7.88. The minimum Gasteiger partial charge on any atom is -0.496 e. The van der Waals surface area contributed by atoms with Gasteiger partial charge in [-0.1, -0.05) is 18.2 Å². The third kappa shape index (κ3) is 3.85. The molecule has 1 aliphatic heterocycles. The molecule has 3 heterocycles. The summed E-state index contributed by atoms with van der Waals surface area (Å²) in [4.78, 5) is 18.1. The molecule has 1 aliphatic carbocycles. The molecule has 1 aromatic carbocycles. The first kappa shape index (κ1) is 20.9. The van der Waals surface area contributed by atoms with E-state index in [0.717, 1.165) is 29.8 Å². The number of carbonyl (C=O) groups is 1. The molecule has 1 saturated carbocycles. The van der Waals surface area contributed by atoms with Crippen LogP contribution in [0.1, 0.15) is 58.5 Å². The number of amides is 1. The molecule has 1 N–H and O–H groups in total. The number of carbonyl (C=O) groups excluding carboxylic acids is 1. The lowest BCUT2D eigenvalue weighted by atomic mass is 10.1. The molecule has 1 atom stereocenters. The van der Waals surface area contributed by atoms with Gasteiger partial charge in [0.15, 0.2) is 15.5 Å². The van der Waals surface area contributed by atoms with Crippen molar-refractivity contribution in [3.8, 4) is 5.75 Å². The smallest absolute Gasteiger partial charge is 0.252 e. The van der Waals surface area contributed by atoms with Crippen LogP contribution in [0.5, 0.6) is 5.75 Å². The number of benzene rings is 1. The van der Waals surface area contributed by atoms with E-state index in [9.17, 15) is 13.2 Å². The monoisotopic (exact) mass is 454 g/mol. The summed E-state index contributed by atoms with van der Waals surface area (Å²) in [7, 11) is -1.46. The summed E-state index contributed by atoms with van der Waals surface area (Å²) in [5.41, 5.74) is 3.59. The number of nitrogens with one attached hydrogen (secondary N) is 1. The number of aryl methyl sites for hydroxylation is 1. The average Bonchev–Trinajstić information content (AvgIpc) is 3.50. The van der Waals surface area contributed by atoms with Gasteiger partial charge < -0.3 is 10.1 Å². The molecular formula is C23H26N4O4S. The standard InChI is InChI=1S/C23H26N4O4S/c1-14-21-18(23(28)24-12-16-5-3-4-6-20(16)31-2)11-19(15-7-8-15)25-22(21)27(26-14)17-9-10-32(29,30)13-17/h3-6,11,15,17H,7-10,12-13H2,1-2H3,(H,24,28)/t17-/m0/s1. The SMILES string of the molecule is COc1ccccc1CNC(=O)c1cc(C2CC2)nc2c1c(C)nn2[C@H]1CCS(=O)(=O)C1. The fraction of sp³-hybridized carbons (Fsp3) is 0.435. The second-order valence-electron chi connectivity index (χ2n) is 8.65. The Morgan fingerprint density at radius 1 is 1.25 bits per heavy atom. The Kier molecular flexibility index (Phi) is 5.16. The largest absolute Gasteiger partial charge is 0.496 e. The van der Waals surface area contributed by atoms with Crippen LogP contribution >= 0.6 is 0 Å². The predicted molar refractivity (Wildman–Crippen MR) is 121 cm³/mol. The first-order valence-corrected chi connectivity index (χ1v) is 12.7.